The van der Waals surface area contributed by atoms with Crippen LogP contribution in [0.4, 0.5) is 5.69 Å². The molecule has 1 saturated carbocycles. The third-order valence-corrected chi connectivity index (χ3v) is 12.9. The Labute approximate surface area is 330 Å². The number of fused-ring (bicyclic) bond motifs is 7. The molecule has 1 saturated heterocycles. The molecule has 0 bridgehead atoms. The van der Waals surface area contributed by atoms with Crippen LogP contribution in [0, 0.1) is 17.8 Å². The Kier molecular flexibility index (Phi) is 11.2. The molecule has 4 heterocycles. The Morgan fingerprint density at radius 1 is 0.946 bits per heavy atom. The molecule has 1 aliphatic carbocycles. The van der Waals surface area contributed by atoms with Gasteiger partial charge in [-0.25, -0.2) is 18.2 Å². The van der Waals surface area contributed by atoms with Crippen molar-refractivity contribution in [3.63, 3.8) is 0 Å². The van der Waals surface area contributed by atoms with Gasteiger partial charge < -0.3 is 33.4 Å². The molecule has 3 aromatic carbocycles. The first-order valence-electron chi connectivity index (χ1n) is 18.2. The number of aromatic amines is 1. The van der Waals surface area contributed by atoms with E-state index in [1.54, 1.807) is 38.3 Å². The van der Waals surface area contributed by atoms with Crippen LogP contribution in [0.25, 0.3) is 10.9 Å². The predicted octanol–water partition coefficient (Wildman–Crippen LogP) is 5.84. The van der Waals surface area contributed by atoms with Gasteiger partial charge in [-0.05, 0) is 80.0 Å². The molecule has 3 aliphatic heterocycles. The molecule has 0 unspecified atom stereocenters. The van der Waals surface area contributed by atoms with Crippen LogP contribution in [0.15, 0.2) is 64.5 Å². The molecule has 2 N–H and O–H groups in total. The molecule has 16 heteroatoms. The van der Waals surface area contributed by atoms with Crippen molar-refractivity contribution >= 4 is 56.0 Å². The molecule has 8 rings (SSSR count). The Morgan fingerprint density at radius 2 is 1.68 bits per heavy atom. The van der Waals surface area contributed by atoms with Crippen molar-refractivity contribution in [2.24, 2.45) is 22.7 Å². The molecule has 0 amide bonds. The maximum atomic E-state index is 13.5. The molecule has 2 fully saturated rings. The summed E-state index contributed by atoms with van der Waals surface area (Å²) < 4.78 is 59.1. The SMILES string of the molecule is CC1=Nc2ccc(Cl)cc2S(=O)(=O)N1.COC(=O)[C@H]1[C@H]2C[C@@H]3c4[nH]c5ccccc5c4CCN3C[C@H]2C[C@@H](OC(=O)c2cc(OC)c(OC)c(OC)c2)[C@@H]1OC. The number of carbonyl (C=O) groups is 2. The summed E-state index contributed by atoms with van der Waals surface area (Å²) in [5.74, 6) is 0.107. The number of carbonyl (C=O) groups excluding carboxylic acids is 2. The number of esters is 2. The average molecular weight is 809 g/mol. The summed E-state index contributed by atoms with van der Waals surface area (Å²) in [4.78, 5) is 37.2. The van der Waals surface area contributed by atoms with E-state index in [0.717, 1.165) is 31.4 Å². The molecular formula is C40H45ClN4O10S. The molecule has 6 atom stereocenters. The fraction of sp³-hybridized carbons (Fsp3) is 0.425. The van der Waals surface area contributed by atoms with Crippen LogP contribution < -0.4 is 18.9 Å². The second-order valence-electron chi connectivity index (χ2n) is 14.2. The number of aromatic nitrogens is 1. The Bertz CT molecular complexity index is 2270. The molecule has 14 nitrogen and oxygen atoms in total. The van der Waals surface area contributed by atoms with E-state index < -0.39 is 34.1 Å². The second-order valence-corrected chi connectivity index (χ2v) is 16.3. The highest BCUT2D eigenvalue weighted by molar-refractivity contribution is 7.90. The van der Waals surface area contributed by atoms with Gasteiger partial charge in [-0.3, -0.25) is 14.4 Å². The summed E-state index contributed by atoms with van der Waals surface area (Å²) in [6, 6.07) is 16.3. The largest absolute Gasteiger partial charge is 0.493 e. The van der Waals surface area contributed by atoms with Gasteiger partial charge in [0.1, 0.15) is 22.9 Å². The van der Waals surface area contributed by atoms with E-state index in [0.29, 0.717) is 40.2 Å². The van der Waals surface area contributed by atoms with Crippen LogP contribution in [0.2, 0.25) is 5.02 Å². The van der Waals surface area contributed by atoms with Crippen molar-refractivity contribution < 1.29 is 46.4 Å². The van der Waals surface area contributed by atoms with Gasteiger partial charge in [0, 0.05) is 41.8 Å². The van der Waals surface area contributed by atoms with Gasteiger partial charge in [0.05, 0.1) is 51.6 Å². The van der Waals surface area contributed by atoms with Crippen molar-refractivity contribution in [1.29, 1.82) is 0 Å². The lowest BCUT2D eigenvalue weighted by Gasteiger charge is -2.52. The molecule has 298 valence electrons. The Hall–Kier alpha value is -4.83. The topological polar surface area (TPSA) is 167 Å². The predicted molar refractivity (Wildman–Crippen MR) is 209 cm³/mol. The van der Waals surface area contributed by atoms with E-state index in [-0.39, 0.29) is 34.3 Å². The number of nitrogens with one attached hydrogen (secondary N) is 2. The van der Waals surface area contributed by atoms with Crippen molar-refractivity contribution in [2.45, 2.75) is 49.3 Å². The highest BCUT2D eigenvalue weighted by Crippen LogP contribution is 2.50. The number of ether oxygens (including phenoxy) is 6. The molecule has 4 aliphatic rings. The van der Waals surface area contributed by atoms with Gasteiger partial charge >= 0.3 is 11.9 Å². The van der Waals surface area contributed by atoms with E-state index in [1.165, 1.54) is 51.1 Å². The highest BCUT2D eigenvalue weighted by atomic mass is 35.5. The molecule has 56 heavy (non-hydrogen) atoms. The van der Waals surface area contributed by atoms with Crippen LogP contribution in [0.5, 0.6) is 17.2 Å². The first-order valence-corrected chi connectivity index (χ1v) is 20.1. The van der Waals surface area contributed by atoms with E-state index in [9.17, 15) is 18.0 Å². The number of amidine groups is 1. The summed E-state index contributed by atoms with van der Waals surface area (Å²) in [6.07, 6.45) is 1.04. The summed E-state index contributed by atoms with van der Waals surface area (Å²) in [5, 5.41) is 1.65. The van der Waals surface area contributed by atoms with Gasteiger partial charge in [-0.2, -0.15) is 0 Å². The number of hydrogen-bond donors (Lipinski definition) is 2. The standard InChI is InChI=1S/C32H38N2O8.C8H7ClN2O2S/c1-37-24-12-17(13-25(38-2)29(24)39-3)31(35)42-26-14-18-16-34-11-10-20-19-8-6-7-9-22(19)33-28(20)23(34)15-21(18)27(30(26)40-4)32(36)41-5;1-5-10-7-3-2-6(9)4-8(7)14(12,13)11-5/h6-9,12-13,18,21,23,26-27,30,33H,10-11,14-16H2,1-5H3;2-4H,1H3,(H,10,11)/t18-,21+,23-,26-,27+,30+;/m1./s1. The van der Waals surface area contributed by atoms with Crippen LogP contribution in [0.3, 0.4) is 0 Å². The second kappa shape index (κ2) is 16.0. The summed E-state index contributed by atoms with van der Waals surface area (Å²) in [6.45, 7) is 3.33. The van der Waals surface area contributed by atoms with E-state index >= 15 is 0 Å². The molecule has 4 aromatic rings. The van der Waals surface area contributed by atoms with Gasteiger partial charge in [0.2, 0.25) is 5.75 Å². The number of nitrogens with zero attached hydrogens (tertiary/aromatic N) is 2. The van der Waals surface area contributed by atoms with Gasteiger partial charge in [0.15, 0.2) is 11.5 Å². The van der Waals surface area contributed by atoms with Crippen LogP contribution in [0.1, 0.15) is 47.4 Å². The van der Waals surface area contributed by atoms with E-state index in [2.05, 4.69) is 43.9 Å². The lowest BCUT2D eigenvalue weighted by atomic mass is 9.63. The van der Waals surface area contributed by atoms with Crippen molar-refractivity contribution in [2.75, 3.05) is 48.6 Å². The first-order chi connectivity index (χ1) is 26.9. The minimum Gasteiger partial charge on any atom is -0.493 e. The number of aliphatic imine (C=N–C) groups is 1. The maximum absolute atomic E-state index is 13.5. The zero-order valence-electron chi connectivity index (χ0n) is 32.0. The van der Waals surface area contributed by atoms with Gasteiger partial charge in [0.25, 0.3) is 10.0 Å². The van der Waals surface area contributed by atoms with E-state index in [4.69, 9.17) is 40.0 Å². The van der Waals surface area contributed by atoms with Crippen molar-refractivity contribution in [1.82, 2.24) is 14.6 Å². The number of piperidine rings is 1. The fourth-order valence-electron chi connectivity index (χ4n) is 8.85. The summed E-state index contributed by atoms with van der Waals surface area (Å²) >= 11 is 5.70. The highest BCUT2D eigenvalue weighted by Gasteiger charge is 2.54. The van der Waals surface area contributed by atoms with Crippen LogP contribution >= 0.6 is 11.6 Å². The third-order valence-electron chi connectivity index (χ3n) is 11.2. The van der Waals surface area contributed by atoms with Crippen LogP contribution in [-0.2, 0) is 35.4 Å². The smallest absolute Gasteiger partial charge is 0.338 e. The molecule has 0 radical (unpaired) electrons. The minimum absolute atomic E-state index is 0.0112. The van der Waals surface area contributed by atoms with E-state index in [1.807, 2.05) is 0 Å². The van der Waals surface area contributed by atoms with Gasteiger partial charge in [-0.1, -0.05) is 29.8 Å². The normalized spacial score (nSPS) is 24.7. The number of para-hydroxylation sites is 1. The maximum Gasteiger partial charge on any atom is 0.338 e. The number of H-pyrrole nitrogens is 1. The van der Waals surface area contributed by atoms with Crippen LogP contribution in [-0.4, -0.2) is 96.9 Å². The molecule has 1 aromatic heterocycles. The monoisotopic (exact) mass is 808 g/mol. The Balaban J connectivity index is 0.000000288. The number of methoxy groups -OCH3 is 5. The minimum atomic E-state index is -3.48. The number of hydrogen-bond acceptors (Lipinski definition) is 12. The number of rotatable bonds is 7. The number of benzene rings is 3. The van der Waals surface area contributed by atoms with Crippen molar-refractivity contribution in [3.05, 3.63) is 76.4 Å². The average Bonchev–Trinajstić information content (AvgIpc) is 3.58. The summed E-state index contributed by atoms with van der Waals surface area (Å²) in [7, 11) is 3.97. The fourth-order valence-corrected chi connectivity index (χ4v) is 10.3. The molecule has 0 spiro atoms. The lowest BCUT2D eigenvalue weighted by molar-refractivity contribution is -0.176. The zero-order valence-corrected chi connectivity index (χ0v) is 33.5. The third kappa shape index (κ3) is 7.28. The first kappa shape index (κ1) is 39.4. The quantitative estimate of drug-likeness (QED) is 0.215. The van der Waals surface area contributed by atoms with Gasteiger partial charge in [-0.15, -0.1) is 0 Å². The number of sulfonamides is 1. The molecular weight excluding hydrogens is 764 g/mol. The Morgan fingerprint density at radius 3 is 2.36 bits per heavy atom. The number of halogens is 1. The zero-order chi connectivity index (χ0) is 39.9. The summed E-state index contributed by atoms with van der Waals surface area (Å²) in [5.41, 5.74) is 4.44. The van der Waals surface area contributed by atoms with Crippen molar-refractivity contribution in [3.8, 4) is 17.2 Å². The lowest BCUT2D eigenvalue weighted by Crippen LogP contribution is -2.58.